The van der Waals surface area contributed by atoms with Crippen LogP contribution in [0.5, 0.6) is 0 Å². The van der Waals surface area contributed by atoms with Gasteiger partial charge in [-0.3, -0.25) is 4.79 Å². The summed E-state index contributed by atoms with van der Waals surface area (Å²) < 4.78 is 0. The van der Waals surface area contributed by atoms with Gasteiger partial charge in [0.25, 0.3) is 0 Å². The molecule has 7 nitrogen and oxygen atoms in total. The van der Waals surface area contributed by atoms with Crippen molar-refractivity contribution in [2.24, 2.45) is 5.92 Å². The molecule has 2 unspecified atom stereocenters. The lowest BCUT2D eigenvalue weighted by atomic mass is 9.85. The van der Waals surface area contributed by atoms with E-state index in [1.54, 1.807) is 19.0 Å². The first kappa shape index (κ1) is 15.2. The molecule has 1 fully saturated rings. The van der Waals surface area contributed by atoms with Gasteiger partial charge >= 0.3 is 5.97 Å². The summed E-state index contributed by atoms with van der Waals surface area (Å²) in [4.78, 5) is 32.2. The van der Waals surface area contributed by atoms with Crippen molar-refractivity contribution >= 4 is 17.7 Å². The number of carboxylic acid groups (broad SMARTS) is 1. The van der Waals surface area contributed by atoms with Crippen molar-refractivity contribution in [2.75, 3.05) is 19.4 Å². The number of aromatic nitrogens is 2. The molecule has 1 saturated carbocycles. The number of aromatic carboxylic acids is 1. The smallest absolute Gasteiger partial charge is 0.356 e. The molecular weight excluding hydrogens is 272 g/mol. The zero-order valence-electron chi connectivity index (χ0n) is 12.2. The molecule has 1 aliphatic carbocycles. The van der Waals surface area contributed by atoms with E-state index < -0.39 is 5.97 Å². The van der Waals surface area contributed by atoms with E-state index >= 15 is 0 Å². The molecule has 1 aliphatic rings. The normalized spacial score (nSPS) is 21.6. The second-order valence-corrected chi connectivity index (χ2v) is 5.53. The quantitative estimate of drug-likeness (QED) is 0.866. The Morgan fingerprint density at radius 1 is 1.29 bits per heavy atom. The van der Waals surface area contributed by atoms with Crippen molar-refractivity contribution in [1.29, 1.82) is 0 Å². The fourth-order valence-corrected chi connectivity index (χ4v) is 2.63. The van der Waals surface area contributed by atoms with Gasteiger partial charge < -0.3 is 15.3 Å². The highest BCUT2D eigenvalue weighted by Crippen LogP contribution is 2.27. The zero-order chi connectivity index (χ0) is 15.4. The summed E-state index contributed by atoms with van der Waals surface area (Å²) in [7, 11) is 3.55. The molecule has 114 valence electrons. The fraction of sp³-hybridized carbons (Fsp3) is 0.571. The summed E-state index contributed by atoms with van der Waals surface area (Å²) in [6.45, 7) is 0. The van der Waals surface area contributed by atoms with Crippen LogP contribution in [0, 0.1) is 5.92 Å². The molecule has 0 spiro atoms. The van der Waals surface area contributed by atoms with Crippen LogP contribution in [-0.4, -0.2) is 52.0 Å². The zero-order valence-corrected chi connectivity index (χ0v) is 12.2. The van der Waals surface area contributed by atoms with Gasteiger partial charge in [0.05, 0.1) is 12.4 Å². The lowest BCUT2D eigenvalue weighted by Crippen LogP contribution is -2.36. The number of carboxylic acids is 1. The number of anilines is 1. The first-order valence-electron chi connectivity index (χ1n) is 7.00. The lowest BCUT2D eigenvalue weighted by molar-refractivity contribution is -0.134. The highest BCUT2D eigenvalue weighted by atomic mass is 16.4. The van der Waals surface area contributed by atoms with Crippen LogP contribution in [0.3, 0.4) is 0 Å². The SMILES string of the molecule is CN(C)C(=O)C1CCCC(Nc2cnc(C(=O)O)cn2)C1. The van der Waals surface area contributed by atoms with Crippen LogP contribution >= 0.6 is 0 Å². The largest absolute Gasteiger partial charge is 0.476 e. The first-order chi connectivity index (χ1) is 9.97. The lowest BCUT2D eigenvalue weighted by Gasteiger charge is -2.30. The second-order valence-electron chi connectivity index (χ2n) is 5.53. The Hall–Kier alpha value is -2.18. The van der Waals surface area contributed by atoms with Crippen LogP contribution < -0.4 is 5.32 Å². The Morgan fingerprint density at radius 3 is 2.62 bits per heavy atom. The van der Waals surface area contributed by atoms with Crippen molar-refractivity contribution in [1.82, 2.24) is 14.9 Å². The molecule has 0 aliphatic heterocycles. The van der Waals surface area contributed by atoms with Crippen molar-refractivity contribution in [3.8, 4) is 0 Å². The molecule has 7 heteroatoms. The summed E-state index contributed by atoms with van der Waals surface area (Å²) in [6, 6.07) is 0.164. The molecule has 0 radical (unpaired) electrons. The van der Waals surface area contributed by atoms with E-state index in [0.717, 1.165) is 25.7 Å². The predicted molar refractivity (Wildman–Crippen MR) is 77.1 cm³/mol. The minimum atomic E-state index is -1.09. The van der Waals surface area contributed by atoms with Gasteiger partial charge in [0.2, 0.25) is 5.91 Å². The number of nitrogens with zero attached hydrogens (tertiary/aromatic N) is 3. The number of nitrogens with one attached hydrogen (secondary N) is 1. The van der Waals surface area contributed by atoms with Gasteiger partial charge in [-0.25, -0.2) is 14.8 Å². The molecule has 1 aromatic rings. The molecule has 2 atom stereocenters. The summed E-state index contributed by atoms with van der Waals surface area (Å²) in [5, 5.41) is 12.0. The molecule has 1 aromatic heterocycles. The number of rotatable bonds is 4. The van der Waals surface area contributed by atoms with Crippen molar-refractivity contribution in [2.45, 2.75) is 31.7 Å². The molecule has 0 bridgehead atoms. The molecule has 21 heavy (non-hydrogen) atoms. The molecular formula is C14H20N4O3. The Balaban J connectivity index is 1.96. The third-order valence-corrected chi connectivity index (χ3v) is 3.69. The highest BCUT2D eigenvalue weighted by Gasteiger charge is 2.28. The standard InChI is InChI=1S/C14H20N4O3/c1-18(2)13(19)9-4-3-5-10(6-9)17-12-8-15-11(7-16-12)14(20)21/h7-10H,3-6H2,1-2H3,(H,16,17)(H,20,21). The molecule has 0 saturated heterocycles. The maximum atomic E-state index is 12.0. The maximum absolute atomic E-state index is 12.0. The van der Waals surface area contributed by atoms with Crippen molar-refractivity contribution < 1.29 is 14.7 Å². The number of carbonyl (C=O) groups excluding carboxylic acids is 1. The molecule has 1 heterocycles. The number of carbonyl (C=O) groups is 2. The first-order valence-corrected chi connectivity index (χ1v) is 7.00. The van der Waals surface area contributed by atoms with Gasteiger partial charge in [0.1, 0.15) is 5.82 Å². The van der Waals surface area contributed by atoms with Gasteiger partial charge in [-0.2, -0.15) is 0 Å². The summed E-state index contributed by atoms with van der Waals surface area (Å²) in [5.74, 6) is -0.349. The van der Waals surface area contributed by atoms with E-state index in [9.17, 15) is 9.59 Å². The summed E-state index contributed by atoms with van der Waals surface area (Å²) in [6.07, 6.45) is 6.29. The Labute approximate surface area is 123 Å². The predicted octanol–water partition coefficient (Wildman–Crippen LogP) is 1.23. The van der Waals surface area contributed by atoms with Crippen LogP contribution in [0.2, 0.25) is 0 Å². The Kier molecular flexibility index (Phi) is 4.72. The highest BCUT2D eigenvalue weighted by molar-refractivity contribution is 5.84. The van der Waals surface area contributed by atoms with Gasteiger partial charge in [0.15, 0.2) is 5.69 Å². The van der Waals surface area contributed by atoms with E-state index in [4.69, 9.17) is 5.11 Å². The van der Waals surface area contributed by atoms with E-state index in [0.29, 0.717) is 5.82 Å². The van der Waals surface area contributed by atoms with Gasteiger partial charge in [0, 0.05) is 26.1 Å². The van der Waals surface area contributed by atoms with E-state index in [-0.39, 0.29) is 23.6 Å². The monoisotopic (exact) mass is 292 g/mol. The van der Waals surface area contributed by atoms with Crippen molar-refractivity contribution in [3.05, 3.63) is 18.1 Å². The molecule has 0 aromatic carbocycles. The molecule has 2 N–H and O–H groups in total. The topological polar surface area (TPSA) is 95.4 Å². The average Bonchev–Trinajstić information content (AvgIpc) is 2.47. The second kappa shape index (κ2) is 6.51. The Morgan fingerprint density at radius 2 is 2.05 bits per heavy atom. The van der Waals surface area contributed by atoms with Crippen LogP contribution in [0.15, 0.2) is 12.4 Å². The number of hydrogen-bond donors (Lipinski definition) is 2. The Bertz CT molecular complexity index is 515. The van der Waals surface area contributed by atoms with Gasteiger partial charge in [-0.15, -0.1) is 0 Å². The van der Waals surface area contributed by atoms with Crippen LogP contribution in [0.1, 0.15) is 36.2 Å². The third-order valence-electron chi connectivity index (χ3n) is 3.69. The molecule has 2 rings (SSSR count). The molecule has 1 amide bonds. The summed E-state index contributed by atoms with van der Waals surface area (Å²) >= 11 is 0. The third kappa shape index (κ3) is 3.90. The minimum Gasteiger partial charge on any atom is -0.476 e. The average molecular weight is 292 g/mol. The number of amides is 1. The summed E-state index contributed by atoms with van der Waals surface area (Å²) in [5.41, 5.74) is -0.0788. The maximum Gasteiger partial charge on any atom is 0.356 e. The van der Waals surface area contributed by atoms with Crippen LogP contribution in [-0.2, 0) is 4.79 Å². The van der Waals surface area contributed by atoms with Crippen molar-refractivity contribution in [3.63, 3.8) is 0 Å². The fourth-order valence-electron chi connectivity index (χ4n) is 2.63. The van der Waals surface area contributed by atoms with E-state index in [1.165, 1.54) is 12.4 Å². The van der Waals surface area contributed by atoms with Gasteiger partial charge in [-0.1, -0.05) is 6.42 Å². The number of hydrogen-bond acceptors (Lipinski definition) is 5. The minimum absolute atomic E-state index is 0.0394. The van der Waals surface area contributed by atoms with E-state index in [2.05, 4.69) is 15.3 Å². The van der Waals surface area contributed by atoms with Crippen LogP contribution in [0.25, 0.3) is 0 Å². The van der Waals surface area contributed by atoms with E-state index in [1.807, 2.05) is 0 Å². The van der Waals surface area contributed by atoms with Gasteiger partial charge in [-0.05, 0) is 19.3 Å². The van der Waals surface area contributed by atoms with Crippen LogP contribution in [0.4, 0.5) is 5.82 Å².